The Labute approximate surface area is 59.9 Å². The molecular weight excluding hydrogens is 134 g/mol. The van der Waals surface area contributed by atoms with Gasteiger partial charge in [-0.3, -0.25) is 4.79 Å². The number of hydrogen-bond acceptors (Lipinski definition) is 3. The number of likely N-dealkylation sites (N-methyl/N-ethyl adjacent to an activating group) is 1. The van der Waals surface area contributed by atoms with Crippen LogP contribution in [0.1, 0.15) is 13.3 Å². The highest BCUT2D eigenvalue weighted by Crippen LogP contribution is 1.97. The van der Waals surface area contributed by atoms with Crippen molar-refractivity contribution in [2.75, 3.05) is 7.05 Å². The van der Waals surface area contributed by atoms with E-state index in [-0.39, 0.29) is 0 Å². The van der Waals surface area contributed by atoms with Gasteiger partial charge in [-0.05, 0) is 13.5 Å². The van der Waals surface area contributed by atoms with Crippen molar-refractivity contribution in [2.45, 2.75) is 25.5 Å². The fourth-order valence-electron chi connectivity index (χ4n) is 0.716. The Balaban J connectivity index is 3.92. The summed E-state index contributed by atoms with van der Waals surface area (Å²) in [5, 5.41) is 20.0. The topological polar surface area (TPSA) is 69.6 Å². The maximum absolute atomic E-state index is 10.3. The molecule has 0 heterocycles. The molecule has 0 unspecified atom stereocenters. The smallest absolute Gasteiger partial charge is 0.323 e. The summed E-state index contributed by atoms with van der Waals surface area (Å²) in [6.45, 7) is 1.73. The van der Waals surface area contributed by atoms with Gasteiger partial charge in [0.15, 0.2) is 0 Å². The maximum Gasteiger partial charge on any atom is 0.323 e. The van der Waals surface area contributed by atoms with E-state index in [0.717, 1.165) is 0 Å². The third-order valence-electron chi connectivity index (χ3n) is 1.38. The summed E-state index contributed by atoms with van der Waals surface area (Å²) in [7, 11) is 1.51. The van der Waals surface area contributed by atoms with Gasteiger partial charge in [0.25, 0.3) is 0 Å². The summed E-state index contributed by atoms with van der Waals surface area (Å²) in [4.78, 5) is 10.3. The quantitative estimate of drug-likeness (QED) is 0.498. The van der Waals surface area contributed by atoms with E-state index in [4.69, 9.17) is 10.2 Å². The molecule has 0 aliphatic carbocycles. The number of carboxylic acid groups (broad SMARTS) is 1. The number of rotatable bonds is 4. The van der Waals surface area contributed by atoms with Gasteiger partial charge in [-0.25, -0.2) is 0 Å². The second-order valence-electron chi connectivity index (χ2n) is 2.08. The van der Waals surface area contributed by atoms with E-state index >= 15 is 0 Å². The standard InChI is InChI=1S/C6H13NO3/c1-3-4(8)5(7-2)6(9)10/h4-5,7-8H,3H2,1-2H3,(H,9,10)/t4-,5+/m1/s1. The third kappa shape index (κ3) is 2.33. The Hall–Kier alpha value is -0.610. The van der Waals surface area contributed by atoms with Gasteiger partial charge in [0.05, 0.1) is 6.10 Å². The molecule has 0 radical (unpaired) electrons. The van der Waals surface area contributed by atoms with Crippen molar-refractivity contribution < 1.29 is 15.0 Å². The van der Waals surface area contributed by atoms with Crippen LogP contribution in [0.5, 0.6) is 0 Å². The summed E-state index contributed by atoms with van der Waals surface area (Å²) >= 11 is 0. The number of aliphatic carboxylic acids is 1. The molecule has 4 nitrogen and oxygen atoms in total. The first-order valence-electron chi connectivity index (χ1n) is 3.21. The van der Waals surface area contributed by atoms with Crippen LogP contribution in [-0.4, -0.2) is 35.4 Å². The Kier molecular flexibility index (Phi) is 3.99. The van der Waals surface area contributed by atoms with E-state index in [1.54, 1.807) is 6.92 Å². The SMILES string of the molecule is CC[C@@H](O)[C@H](NC)C(=O)O. The molecule has 0 spiro atoms. The number of aliphatic hydroxyl groups is 1. The maximum atomic E-state index is 10.3. The van der Waals surface area contributed by atoms with Crippen LogP contribution in [0, 0.1) is 0 Å². The molecule has 60 valence electrons. The van der Waals surface area contributed by atoms with E-state index in [1.807, 2.05) is 0 Å². The van der Waals surface area contributed by atoms with Gasteiger partial charge in [-0.15, -0.1) is 0 Å². The molecule has 0 saturated carbocycles. The highest BCUT2D eigenvalue weighted by atomic mass is 16.4. The number of nitrogens with one attached hydrogen (secondary N) is 1. The van der Waals surface area contributed by atoms with Crippen LogP contribution in [-0.2, 0) is 4.79 Å². The zero-order valence-corrected chi connectivity index (χ0v) is 6.16. The number of aliphatic hydroxyl groups excluding tert-OH is 1. The van der Waals surface area contributed by atoms with E-state index < -0.39 is 18.1 Å². The summed E-state index contributed by atoms with van der Waals surface area (Å²) in [6.07, 6.45) is -0.361. The van der Waals surface area contributed by atoms with Crippen LogP contribution in [0.15, 0.2) is 0 Å². The van der Waals surface area contributed by atoms with Crippen LogP contribution >= 0.6 is 0 Å². The van der Waals surface area contributed by atoms with Gasteiger partial charge in [-0.1, -0.05) is 6.92 Å². The van der Waals surface area contributed by atoms with Crippen LogP contribution in [0.25, 0.3) is 0 Å². The highest BCUT2D eigenvalue weighted by Gasteiger charge is 2.22. The van der Waals surface area contributed by atoms with E-state index in [9.17, 15) is 4.79 Å². The van der Waals surface area contributed by atoms with Gasteiger partial charge >= 0.3 is 5.97 Å². The first-order chi connectivity index (χ1) is 4.63. The Morgan fingerprint density at radius 1 is 1.70 bits per heavy atom. The number of hydrogen-bond donors (Lipinski definition) is 3. The second-order valence-corrected chi connectivity index (χ2v) is 2.08. The average molecular weight is 147 g/mol. The molecule has 0 amide bonds. The van der Waals surface area contributed by atoms with Crippen molar-refractivity contribution in [3.05, 3.63) is 0 Å². The van der Waals surface area contributed by atoms with Gasteiger partial charge in [0.1, 0.15) is 6.04 Å². The minimum Gasteiger partial charge on any atom is -0.480 e. The van der Waals surface area contributed by atoms with Gasteiger partial charge in [0, 0.05) is 0 Å². The van der Waals surface area contributed by atoms with Crippen LogP contribution in [0.4, 0.5) is 0 Å². The van der Waals surface area contributed by atoms with Crippen molar-refractivity contribution >= 4 is 5.97 Å². The first kappa shape index (κ1) is 9.39. The third-order valence-corrected chi connectivity index (χ3v) is 1.38. The first-order valence-corrected chi connectivity index (χ1v) is 3.21. The molecule has 3 N–H and O–H groups in total. The van der Waals surface area contributed by atoms with Crippen molar-refractivity contribution in [2.24, 2.45) is 0 Å². The zero-order valence-electron chi connectivity index (χ0n) is 6.16. The highest BCUT2D eigenvalue weighted by molar-refractivity contribution is 5.74. The van der Waals surface area contributed by atoms with E-state index in [0.29, 0.717) is 6.42 Å². The summed E-state index contributed by atoms with van der Waals surface area (Å²) in [5.74, 6) is -1.02. The molecule has 0 saturated heterocycles. The minimum absolute atomic E-state index is 0.442. The fraction of sp³-hybridized carbons (Fsp3) is 0.833. The Morgan fingerprint density at radius 2 is 2.20 bits per heavy atom. The van der Waals surface area contributed by atoms with Crippen molar-refractivity contribution in [3.8, 4) is 0 Å². The molecule has 0 aliphatic rings. The van der Waals surface area contributed by atoms with Gasteiger partial charge in [-0.2, -0.15) is 0 Å². The normalized spacial score (nSPS) is 16.3. The minimum atomic E-state index is -1.02. The van der Waals surface area contributed by atoms with Crippen molar-refractivity contribution in [3.63, 3.8) is 0 Å². The lowest BCUT2D eigenvalue weighted by Gasteiger charge is -2.15. The molecule has 4 heteroatoms. The monoisotopic (exact) mass is 147 g/mol. The van der Waals surface area contributed by atoms with Gasteiger partial charge in [0.2, 0.25) is 0 Å². The molecular formula is C6H13NO3. The molecule has 0 rings (SSSR count). The van der Waals surface area contributed by atoms with Crippen LogP contribution < -0.4 is 5.32 Å². The lowest BCUT2D eigenvalue weighted by atomic mass is 10.1. The van der Waals surface area contributed by atoms with Crippen LogP contribution in [0.3, 0.4) is 0 Å². The second kappa shape index (κ2) is 4.24. The Morgan fingerprint density at radius 3 is 2.30 bits per heavy atom. The van der Waals surface area contributed by atoms with Crippen molar-refractivity contribution in [1.29, 1.82) is 0 Å². The summed E-state index contributed by atoms with van der Waals surface area (Å²) in [6, 6.07) is -0.843. The summed E-state index contributed by atoms with van der Waals surface area (Å²) in [5.41, 5.74) is 0. The lowest BCUT2D eigenvalue weighted by Crippen LogP contribution is -2.43. The molecule has 0 aromatic heterocycles. The average Bonchev–Trinajstić information content (AvgIpc) is 1.88. The zero-order chi connectivity index (χ0) is 8.15. The predicted octanol–water partition coefficient (Wildman–Crippen LogP) is -0.570. The molecule has 2 atom stereocenters. The summed E-state index contributed by atoms with van der Waals surface area (Å²) < 4.78 is 0. The predicted molar refractivity (Wildman–Crippen MR) is 36.8 cm³/mol. The van der Waals surface area contributed by atoms with E-state index in [2.05, 4.69) is 5.32 Å². The molecule has 0 fully saturated rings. The molecule has 0 aromatic carbocycles. The molecule has 10 heavy (non-hydrogen) atoms. The van der Waals surface area contributed by atoms with E-state index in [1.165, 1.54) is 7.05 Å². The van der Waals surface area contributed by atoms with Crippen molar-refractivity contribution in [1.82, 2.24) is 5.32 Å². The number of carbonyl (C=O) groups is 1. The largest absolute Gasteiger partial charge is 0.480 e. The molecule has 0 aromatic rings. The number of carboxylic acids is 1. The van der Waals surface area contributed by atoms with Gasteiger partial charge < -0.3 is 15.5 Å². The lowest BCUT2D eigenvalue weighted by molar-refractivity contribution is -0.142. The fourth-order valence-corrected chi connectivity index (χ4v) is 0.716. The Bertz CT molecular complexity index is 116. The van der Waals surface area contributed by atoms with Crippen LogP contribution in [0.2, 0.25) is 0 Å². The molecule has 0 bridgehead atoms. The molecule has 0 aliphatic heterocycles.